The third-order valence-electron chi connectivity index (χ3n) is 3.35. The summed E-state index contributed by atoms with van der Waals surface area (Å²) in [4.78, 5) is 12.5. The van der Waals surface area contributed by atoms with Crippen molar-refractivity contribution in [1.82, 2.24) is 5.32 Å². The quantitative estimate of drug-likeness (QED) is 0.727. The van der Waals surface area contributed by atoms with Crippen LogP contribution < -0.4 is 14.8 Å². The first kappa shape index (κ1) is 18.6. The fourth-order valence-electron chi connectivity index (χ4n) is 2.22. The zero-order valence-electron chi connectivity index (χ0n) is 15.0. The second kappa shape index (κ2) is 8.92. The van der Waals surface area contributed by atoms with Crippen molar-refractivity contribution in [2.24, 2.45) is 0 Å². The van der Waals surface area contributed by atoms with Crippen LogP contribution in [0.25, 0.3) is 0 Å². The van der Waals surface area contributed by atoms with Gasteiger partial charge in [-0.05, 0) is 56.2 Å². The summed E-state index contributed by atoms with van der Waals surface area (Å²) in [6.07, 6.45) is 0.140. The predicted molar refractivity (Wildman–Crippen MR) is 100 cm³/mol. The zero-order valence-corrected chi connectivity index (χ0v) is 15.0. The Hall–Kier alpha value is -2.75. The van der Waals surface area contributed by atoms with Gasteiger partial charge in [-0.25, -0.2) is 0 Å². The molecule has 4 nitrogen and oxygen atoms in total. The second-order valence-electron chi connectivity index (χ2n) is 6.24. The van der Waals surface area contributed by atoms with E-state index < -0.39 is 0 Å². The van der Waals surface area contributed by atoms with Crippen LogP contribution in [0.4, 0.5) is 0 Å². The second-order valence-corrected chi connectivity index (χ2v) is 6.24. The molecule has 25 heavy (non-hydrogen) atoms. The fourth-order valence-corrected chi connectivity index (χ4v) is 2.22. The van der Waals surface area contributed by atoms with Gasteiger partial charge in [0.2, 0.25) is 0 Å². The number of carbonyl (C=O) groups excluding carboxylic acids is 1. The molecule has 0 aliphatic heterocycles. The predicted octanol–water partition coefficient (Wildman–Crippen LogP) is 4.36. The molecule has 0 aliphatic carbocycles. The third-order valence-corrected chi connectivity index (χ3v) is 3.35. The lowest BCUT2D eigenvalue weighted by molar-refractivity contribution is 0.0947. The van der Waals surface area contributed by atoms with Crippen LogP contribution in [0.1, 0.15) is 36.7 Å². The highest BCUT2D eigenvalue weighted by atomic mass is 16.5. The highest BCUT2D eigenvalue weighted by Crippen LogP contribution is 2.19. The van der Waals surface area contributed by atoms with Gasteiger partial charge in [-0.3, -0.25) is 4.79 Å². The highest BCUT2D eigenvalue weighted by molar-refractivity contribution is 5.96. The molecule has 0 saturated carbocycles. The van der Waals surface area contributed by atoms with E-state index in [1.165, 1.54) is 0 Å². The van der Waals surface area contributed by atoms with Gasteiger partial charge in [0.15, 0.2) is 0 Å². The third kappa shape index (κ3) is 5.99. The summed E-state index contributed by atoms with van der Waals surface area (Å²) < 4.78 is 11.3. The topological polar surface area (TPSA) is 47.6 Å². The summed E-state index contributed by atoms with van der Waals surface area (Å²) in [5.41, 5.74) is 2.42. The molecule has 0 heterocycles. The average molecular weight is 339 g/mol. The van der Waals surface area contributed by atoms with E-state index in [4.69, 9.17) is 9.47 Å². The van der Waals surface area contributed by atoms with Crippen molar-refractivity contribution in [3.63, 3.8) is 0 Å². The van der Waals surface area contributed by atoms with E-state index in [0.717, 1.165) is 16.9 Å². The minimum atomic E-state index is -0.167. The van der Waals surface area contributed by atoms with Crippen molar-refractivity contribution in [1.29, 1.82) is 0 Å². The molecule has 0 radical (unpaired) electrons. The summed E-state index contributed by atoms with van der Waals surface area (Å²) in [7, 11) is 0. The number of carbonyl (C=O) groups is 1. The molecule has 1 amide bonds. The lowest BCUT2D eigenvalue weighted by Gasteiger charge is -2.12. The van der Waals surface area contributed by atoms with Crippen molar-refractivity contribution in [3.05, 3.63) is 71.8 Å². The van der Waals surface area contributed by atoms with Crippen LogP contribution in [-0.2, 0) is 6.54 Å². The summed E-state index contributed by atoms with van der Waals surface area (Å²) in [6, 6.07) is 14.9. The van der Waals surface area contributed by atoms with Crippen LogP contribution in [0.5, 0.6) is 11.5 Å². The lowest BCUT2D eigenvalue weighted by Crippen LogP contribution is -2.23. The Morgan fingerprint density at radius 2 is 1.80 bits per heavy atom. The number of nitrogens with one attached hydrogen (secondary N) is 1. The van der Waals surface area contributed by atoms with Gasteiger partial charge in [0.1, 0.15) is 18.1 Å². The molecule has 2 aromatic carbocycles. The first-order valence-electron chi connectivity index (χ1n) is 8.35. The van der Waals surface area contributed by atoms with E-state index in [1.807, 2.05) is 57.2 Å². The molecule has 132 valence electrons. The van der Waals surface area contributed by atoms with E-state index in [1.54, 1.807) is 12.1 Å². The summed E-state index contributed by atoms with van der Waals surface area (Å²) in [6.45, 7) is 10.5. The van der Waals surface area contributed by atoms with Crippen LogP contribution >= 0.6 is 0 Å². The largest absolute Gasteiger partial charge is 0.491 e. The molecule has 0 unspecified atom stereocenters. The molecule has 0 atom stereocenters. The first-order chi connectivity index (χ1) is 12.0. The summed E-state index contributed by atoms with van der Waals surface area (Å²) in [5, 5.41) is 2.92. The fraction of sp³-hybridized carbons (Fsp3) is 0.286. The molecular weight excluding hydrogens is 314 g/mol. The van der Waals surface area contributed by atoms with Crippen molar-refractivity contribution in [2.75, 3.05) is 6.61 Å². The number of para-hydroxylation sites is 1. The first-order valence-corrected chi connectivity index (χ1v) is 8.35. The molecule has 0 aliphatic rings. The monoisotopic (exact) mass is 339 g/mol. The molecule has 4 heteroatoms. The average Bonchev–Trinajstić information content (AvgIpc) is 2.59. The van der Waals surface area contributed by atoms with Gasteiger partial charge in [0, 0.05) is 6.54 Å². The summed E-state index contributed by atoms with van der Waals surface area (Å²) >= 11 is 0. The Morgan fingerprint density at radius 1 is 1.12 bits per heavy atom. The molecule has 1 N–H and O–H groups in total. The number of hydrogen-bond donors (Lipinski definition) is 1. The van der Waals surface area contributed by atoms with Crippen molar-refractivity contribution in [2.45, 2.75) is 33.4 Å². The minimum Gasteiger partial charge on any atom is -0.491 e. The van der Waals surface area contributed by atoms with Gasteiger partial charge in [-0.15, -0.1) is 0 Å². The molecular formula is C21H25NO3. The maximum absolute atomic E-state index is 12.5. The smallest absolute Gasteiger partial charge is 0.255 e. The SMILES string of the molecule is C=C(C)COc1ccccc1C(=O)NCc1ccc(OC(C)C)cc1. The van der Waals surface area contributed by atoms with Crippen molar-refractivity contribution < 1.29 is 14.3 Å². The molecule has 0 saturated heterocycles. The van der Waals surface area contributed by atoms with E-state index in [2.05, 4.69) is 11.9 Å². The minimum absolute atomic E-state index is 0.140. The van der Waals surface area contributed by atoms with Gasteiger partial charge < -0.3 is 14.8 Å². The van der Waals surface area contributed by atoms with Gasteiger partial charge in [-0.2, -0.15) is 0 Å². The Kier molecular flexibility index (Phi) is 6.63. The van der Waals surface area contributed by atoms with Crippen molar-refractivity contribution >= 4 is 5.91 Å². The maximum atomic E-state index is 12.5. The number of rotatable bonds is 8. The molecule has 0 aromatic heterocycles. The molecule has 2 aromatic rings. The normalized spacial score (nSPS) is 10.4. The Bertz CT molecular complexity index is 720. The maximum Gasteiger partial charge on any atom is 0.255 e. The van der Waals surface area contributed by atoms with Crippen LogP contribution in [0.3, 0.4) is 0 Å². The van der Waals surface area contributed by atoms with Crippen molar-refractivity contribution in [3.8, 4) is 11.5 Å². The molecule has 2 rings (SSSR count). The van der Waals surface area contributed by atoms with Gasteiger partial charge in [0.05, 0.1) is 11.7 Å². The summed E-state index contributed by atoms with van der Waals surface area (Å²) in [5.74, 6) is 1.21. The van der Waals surface area contributed by atoms with Gasteiger partial charge >= 0.3 is 0 Å². The number of hydrogen-bond acceptors (Lipinski definition) is 3. The van der Waals surface area contributed by atoms with Crippen LogP contribution in [0.2, 0.25) is 0 Å². The van der Waals surface area contributed by atoms with E-state index in [-0.39, 0.29) is 12.0 Å². The van der Waals surface area contributed by atoms with E-state index >= 15 is 0 Å². The van der Waals surface area contributed by atoms with Crippen LogP contribution in [0, 0.1) is 0 Å². The Balaban J connectivity index is 1.97. The molecule has 0 spiro atoms. The highest BCUT2D eigenvalue weighted by Gasteiger charge is 2.12. The van der Waals surface area contributed by atoms with E-state index in [0.29, 0.717) is 24.5 Å². The zero-order chi connectivity index (χ0) is 18.2. The molecule has 0 fully saturated rings. The Labute approximate surface area is 149 Å². The van der Waals surface area contributed by atoms with Gasteiger partial charge in [0.25, 0.3) is 5.91 Å². The number of benzene rings is 2. The Morgan fingerprint density at radius 3 is 2.44 bits per heavy atom. The van der Waals surface area contributed by atoms with Crippen LogP contribution in [-0.4, -0.2) is 18.6 Å². The number of amides is 1. The standard InChI is InChI=1S/C21H25NO3/c1-15(2)14-24-20-8-6-5-7-19(20)21(23)22-13-17-9-11-18(12-10-17)25-16(3)4/h5-12,16H,1,13-14H2,2-4H3,(H,22,23). The van der Waals surface area contributed by atoms with Gasteiger partial charge in [-0.1, -0.05) is 30.8 Å². The number of ether oxygens (including phenoxy) is 2. The van der Waals surface area contributed by atoms with Crippen LogP contribution in [0.15, 0.2) is 60.7 Å². The van der Waals surface area contributed by atoms with E-state index in [9.17, 15) is 4.79 Å². The molecule has 0 bridgehead atoms. The lowest BCUT2D eigenvalue weighted by atomic mass is 10.1.